The quantitative estimate of drug-likeness (QED) is 0.525. The topological polar surface area (TPSA) is 49.3 Å². The molecule has 0 aromatic carbocycles. The van der Waals surface area contributed by atoms with Crippen LogP contribution in [0.2, 0.25) is 0 Å². The van der Waals surface area contributed by atoms with Crippen LogP contribution in [0.1, 0.15) is 27.2 Å². The molecule has 0 saturated heterocycles. The summed E-state index contributed by atoms with van der Waals surface area (Å²) in [5, 5.41) is 11.5. The van der Waals surface area contributed by atoms with Gasteiger partial charge in [0.2, 0.25) is 0 Å². The maximum absolute atomic E-state index is 10.2. The number of hydrogen-bond donors (Lipinski definition) is 2. The first-order chi connectivity index (χ1) is 6.42. The number of nitrogens with one attached hydrogen (secondary N) is 1. The molecule has 0 aliphatic heterocycles. The van der Waals surface area contributed by atoms with Crippen molar-refractivity contribution in [1.29, 1.82) is 0 Å². The van der Waals surface area contributed by atoms with Crippen molar-refractivity contribution in [3.8, 4) is 0 Å². The molecule has 0 aliphatic rings. The molecule has 0 atom stereocenters. The van der Waals surface area contributed by atoms with Crippen molar-refractivity contribution in [2.45, 2.75) is 31.9 Å². The van der Waals surface area contributed by atoms with E-state index >= 15 is 0 Å². The first-order valence-electron chi connectivity index (χ1n) is 4.65. The predicted octanol–water partition coefficient (Wildman–Crippen LogP) is 2.23. The number of carboxylic acids is 1. The largest absolute Gasteiger partial charge is 0.481 e. The minimum Gasteiger partial charge on any atom is -0.481 e. The smallest absolute Gasteiger partial charge is 0.304 e. The molecule has 0 aliphatic carbocycles. The van der Waals surface area contributed by atoms with E-state index in [2.05, 4.69) is 26.1 Å². The number of rotatable bonds is 7. The minimum absolute atomic E-state index is 0.205. The third kappa shape index (κ3) is 12.1. The van der Waals surface area contributed by atoms with Crippen molar-refractivity contribution in [3.63, 3.8) is 0 Å². The molecular formula is C9H19NO2S2. The summed E-state index contributed by atoms with van der Waals surface area (Å²) in [5.41, 5.74) is 0. The van der Waals surface area contributed by atoms with Gasteiger partial charge in [-0.25, -0.2) is 0 Å². The van der Waals surface area contributed by atoms with Crippen LogP contribution in [0.5, 0.6) is 0 Å². The van der Waals surface area contributed by atoms with E-state index in [1.807, 2.05) is 21.6 Å². The van der Waals surface area contributed by atoms with E-state index in [0.29, 0.717) is 11.3 Å². The molecule has 0 heterocycles. The van der Waals surface area contributed by atoms with Gasteiger partial charge in [-0.3, -0.25) is 4.79 Å². The Bertz CT molecular complexity index is 169. The van der Waals surface area contributed by atoms with Crippen LogP contribution in [0.25, 0.3) is 0 Å². The minimum atomic E-state index is -0.741. The summed E-state index contributed by atoms with van der Waals surface area (Å²) in [4.78, 5) is 10.2. The van der Waals surface area contributed by atoms with Crippen LogP contribution in [-0.4, -0.2) is 34.7 Å². The lowest BCUT2D eigenvalue weighted by Gasteiger charge is -2.16. The standard InChI is InChI=1S/C9H19NO2S2/c1-9(2,3)14-13-7-6-10-5-4-8(11)12/h10H,4-7H2,1-3H3,(H,11,12). The molecule has 84 valence electrons. The van der Waals surface area contributed by atoms with Crippen molar-refractivity contribution < 1.29 is 9.90 Å². The van der Waals surface area contributed by atoms with Gasteiger partial charge >= 0.3 is 5.97 Å². The second-order valence-corrected chi connectivity index (χ2v) is 7.15. The molecule has 0 unspecified atom stereocenters. The summed E-state index contributed by atoms with van der Waals surface area (Å²) in [5.74, 6) is 0.274. The fourth-order valence-corrected chi connectivity index (χ4v) is 2.88. The fraction of sp³-hybridized carbons (Fsp3) is 0.889. The Kier molecular flexibility index (Phi) is 7.49. The highest BCUT2D eigenvalue weighted by Crippen LogP contribution is 2.34. The lowest BCUT2D eigenvalue weighted by atomic mass is 10.3. The van der Waals surface area contributed by atoms with Crippen LogP contribution in [0.3, 0.4) is 0 Å². The van der Waals surface area contributed by atoms with E-state index in [4.69, 9.17) is 5.11 Å². The molecule has 3 nitrogen and oxygen atoms in total. The van der Waals surface area contributed by atoms with Gasteiger partial charge in [0.1, 0.15) is 0 Å². The summed E-state index contributed by atoms with van der Waals surface area (Å²) >= 11 is 0. The Labute approximate surface area is 93.8 Å². The van der Waals surface area contributed by atoms with E-state index in [0.717, 1.165) is 12.3 Å². The Balaban J connectivity index is 3.11. The third-order valence-corrected chi connectivity index (χ3v) is 4.53. The maximum Gasteiger partial charge on any atom is 0.304 e. The molecule has 0 rings (SSSR count). The molecule has 0 saturated carbocycles. The SMILES string of the molecule is CC(C)(C)SSCCNCCC(=O)O. The fourth-order valence-electron chi connectivity index (χ4n) is 0.653. The first kappa shape index (κ1) is 14.1. The van der Waals surface area contributed by atoms with E-state index in [1.165, 1.54) is 0 Å². The molecule has 0 amide bonds. The molecule has 0 aromatic rings. The number of aliphatic carboxylic acids is 1. The lowest BCUT2D eigenvalue weighted by molar-refractivity contribution is -0.136. The van der Waals surface area contributed by atoms with Crippen LogP contribution in [0, 0.1) is 0 Å². The second kappa shape index (κ2) is 7.43. The van der Waals surface area contributed by atoms with Crippen molar-refractivity contribution in [3.05, 3.63) is 0 Å². The monoisotopic (exact) mass is 237 g/mol. The molecule has 14 heavy (non-hydrogen) atoms. The van der Waals surface area contributed by atoms with Crippen LogP contribution in [0.4, 0.5) is 0 Å². The van der Waals surface area contributed by atoms with Gasteiger partial charge in [0.25, 0.3) is 0 Å². The van der Waals surface area contributed by atoms with Gasteiger partial charge in [-0.05, 0) is 0 Å². The number of carbonyl (C=O) groups is 1. The van der Waals surface area contributed by atoms with Crippen LogP contribution in [0.15, 0.2) is 0 Å². The maximum atomic E-state index is 10.2. The van der Waals surface area contributed by atoms with Crippen molar-refractivity contribution in [2.75, 3.05) is 18.8 Å². The average Bonchev–Trinajstić information content (AvgIpc) is 2.00. The van der Waals surface area contributed by atoms with Crippen LogP contribution < -0.4 is 5.32 Å². The van der Waals surface area contributed by atoms with Gasteiger partial charge in [0.15, 0.2) is 0 Å². The summed E-state index contributed by atoms with van der Waals surface area (Å²) < 4.78 is 0.297. The van der Waals surface area contributed by atoms with Gasteiger partial charge in [-0.1, -0.05) is 42.4 Å². The zero-order valence-electron chi connectivity index (χ0n) is 9.00. The zero-order valence-corrected chi connectivity index (χ0v) is 10.6. The first-order valence-corrected chi connectivity index (χ1v) is 6.97. The number of carboxylic acid groups (broad SMARTS) is 1. The molecule has 0 aromatic heterocycles. The molecule has 0 fully saturated rings. The molecule has 0 bridgehead atoms. The van der Waals surface area contributed by atoms with Crippen molar-refractivity contribution in [2.24, 2.45) is 0 Å². The third-order valence-electron chi connectivity index (χ3n) is 1.19. The summed E-state index contributed by atoms with van der Waals surface area (Å²) in [6.45, 7) is 7.99. The predicted molar refractivity (Wildman–Crippen MR) is 64.9 cm³/mol. The second-order valence-electron chi connectivity index (χ2n) is 3.91. The van der Waals surface area contributed by atoms with Gasteiger partial charge in [-0.2, -0.15) is 0 Å². The molecule has 0 spiro atoms. The average molecular weight is 237 g/mol. The Morgan fingerprint density at radius 3 is 2.50 bits per heavy atom. The van der Waals surface area contributed by atoms with Crippen LogP contribution >= 0.6 is 21.6 Å². The zero-order chi connectivity index (χ0) is 11.0. The van der Waals surface area contributed by atoms with Gasteiger partial charge in [-0.15, -0.1) is 0 Å². The van der Waals surface area contributed by atoms with Crippen molar-refractivity contribution >= 4 is 27.6 Å². The summed E-state index contributed by atoms with van der Waals surface area (Å²) in [6, 6.07) is 0. The Morgan fingerprint density at radius 2 is 2.00 bits per heavy atom. The van der Waals surface area contributed by atoms with Gasteiger partial charge in [0.05, 0.1) is 6.42 Å². The van der Waals surface area contributed by atoms with E-state index in [9.17, 15) is 4.79 Å². The van der Waals surface area contributed by atoms with E-state index in [-0.39, 0.29) is 6.42 Å². The Morgan fingerprint density at radius 1 is 1.36 bits per heavy atom. The van der Waals surface area contributed by atoms with Crippen LogP contribution in [-0.2, 0) is 4.79 Å². The van der Waals surface area contributed by atoms with Gasteiger partial charge < -0.3 is 10.4 Å². The Hall–Kier alpha value is 0.130. The molecule has 2 N–H and O–H groups in total. The molecule has 0 radical (unpaired) electrons. The highest BCUT2D eigenvalue weighted by atomic mass is 33.1. The molecule has 5 heteroatoms. The highest BCUT2D eigenvalue weighted by Gasteiger charge is 2.09. The normalized spacial score (nSPS) is 11.6. The van der Waals surface area contributed by atoms with E-state index < -0.39 is 5.97 Å². The number of hydrogen-bond acceptors (Lipinski definition) is 4. The highest BCUT2D eigenvalue weighted by molar-refractivity contribution is 8.77. The van der Waals surface area contributed by atoms with E-state index in [1.54, 1.807) is 0 Å². The van der Waals surface area contributed by atoms with Gasteiger partial charge in [0, 0.05) is 23.6 Å². The van der Waals surface area contributed by atoms with Crippen molar-refractivity contribution in [1.82, 2.24) is 5.32 Å². The summed E-state index contributed by atoms with van der Waals surface area (Å²) in [7, 11) is 3.68. The summed E-state index contributed by atoms with van der Waals surface area (Å²) in [6.07, 6.45) is 0.205. The molecular weight excluding hydrogens is 218 g/mol. The lowest BCUT2D eigenvalue weighted by Crippen LogP contribution is -2.20.